The summed E-state index contributed by atoms with van der Waals surface area (Å²) < 4.78 is 48.1. The molecule has 34 heavy (non-hydrogen) atoms. The number of fused-ring (bicyclic) bond motifs is 1. The highest BCUT2D eigenvalue weighted by Gasteiger charge is 2.30. The maximum atomic E-state index is 13.3. The molecule has 0 radical (unpaired) electrons. The van der Waals surface area contributed by atoms with Crippen molar-refractivity contribution in [1.82, 2.24) is 23.7 Å². The molecular weight excluding hydrogens is 475 g/mol. The van der Waals surface area contributed by atoms with E-state index in [-0.39, 0.29) is 49.0 Å². The number of hydrogen-bond donors (Lipinski definition) is 1. The van der Waals surface area contributed by atoms with E-state index in [1.165, 1.54) is 27.5 Å². The molecule has 4 rings (SSSR count). The number of aromatic nitrogens is 5. The van der Waals surface area contributed by atoms with Gasteiger partial charge in [-0.3, -0.25) is 18.5 Å². The molecule has 0 bridgehead atoms. The van der Waals surface area contributed by atoms with Gasteiger partial charge in [-0.1, -0.05) is 0 Å². The first-order valence-corrected chi connectivity index (χ1v) is 11.0. The highest BCUT2D eigenvalue weighted by Crippen LogP contribution is 2.32. The van der Waals surface area contributed by atoms with Gasteiger partial charge in [-0.15, -0.1) is 11.3 Å². The highest BCUT2D eigenvalue weighted by atomic mass is 32.1. The van der Waals surface area contributed by atoms with Gasteiger partial charge in [0.1, 0.15) is 10.8 Å². The Kier molecular flexibility index (Phi) is 6.32. The van der Waals surface area contributed by atoms with E-state index in [1.807, 2.05) is 6.92 Å². The zero-order valence-corrected chi connectivity index (χ0v) is 19.0. The number of aliphatic hydroxyl groups is 1. The van der Waals surface area contributed by atoms with Crippen molar-refractivity contribution in [2.45, 2.75) is 32.6 Å². The van der Waals surface area contributed by atoms with E-state index in [4.69, 9.17) is 9.84 Å². The molecule has 0 spiro atoms. The number of rotatable bonds is 7. The number of halogens is 3. The van der Waals surface area contributed by atoms with Crippen LogP contribution in [0.4, 0.5) is 13.2 Å². The van der Waals surface area contributed by atoms with Gasteiger partial charge < -0.3 is 9.84 Å². The van der Waals surface area contributed by atoms with Crippen LogP contribution in [0.15, 0.2) is 40.1 Å². The van der Waals surface area contributed by atoms with E-state index in [9.17, 15) is 22.8 Å². The molecule has 13 heteroatoms. The van der Waals surface area contributed by atoms with Gasteiger partial charge >= 0.3 is 17.9 Å². The topological polar surface area (TPSA) is 104 Å². The van der Waals surface area contributed by atoms with E-state index in [0.29, 0.717) is 5.01 Å². The molecule has 180 valence electrons. The molecule has 4 aromatic rings. The summed E-state index contributed by atoms with van der Waals surface area (Å²) >= 11 is 1.39. The first-order valence-electron chi connectivity index (χ1n) is 10.2. The second kappa shape index (κ2) is 9.06. The van der Waals surface area contributed by atoms with Crippen molar-refractivity contribution in [3.05, 3.63) is 66.7 Å². The van der Waals surface area contributed by atoms with Gasteiger partial charge in [0.25, 0.3) is 5.56 Å². The van der Waals surface area contributed by atoms with Crippen LogP contribution in [0.3, 0.4) is 0 Å². The Morgan fingerprint density at radius 1 is 1.15 bits per heavy atom. The molecule has 3 aromatic heterocycles. The smallest absolute Gasteiger partial charge is 0.416 e. The van der Waals surface area contributed by atoms with E-state index < -0.39 is 23.0 Å². The van der Waals surface area contributed by atoms with Crippen LogP contribution in [-0.4, -0.2) is 35.4 Å². The summed E-state index contributed by atoms with van der Waals surface area (Å²) in [6.45, 7) is 1.78. The van der Waals surface area contributed by atoms with Crippen molar-refractivity contribution in [2.24, 2.45) is 7.05 Å². The van der Waals surface area contributed by atoms with Crippen LogP contribution in [0, 0.1) is 6.92 Å². The fraction of sp³-hybridized carbons (Fsp3) is 0.333. The van der Waals surface area contributed by atoms with Crippen LogP contribution < -0.4 is 16.0 Å². The molecule has 0 aliphatic carbocycles. The van der Waals surface area contributed by atoms with Gasteiger partial charge in [-0.05, 0) is 37.6 Å². The molecule has 0 unspecified atom stereocenters. The van der Waals surface area contributed by atoms with Gasteiger partial charge in [0.2, 0.25) is 0 Å². The molecule has 1 N–H and O–H groups in total. The van der Waals surface area contributed by atoms with Crippen molar-refractivity contribution in [2.75, 3.05) is 6.61 Å². The lowest BCUT2D eigenvalue weighted by Gasteiger charge is -2.11. The molecule has 1 aromatic carbocycles. The molecular formula is C21H20F3N5O4S. The minimum Gasteiger partial charge on any atom is -0.425 e. The van der Waals surface area contributed by atoms with E-state index in [1.54, 1.807) is 6.20 Å². The average Bonchev–Trinajstić information content (AvgIpc) is 3.36. The number of aliphatic hydroxyl groups excluding tert-OH is 1. The lowest BCUT2D eigenvalue weighted by molar-refractivity contribution is -0.137. The van der Waals surface area contributed by atoms with Crippen LogP contribution in [0.1, 0.15) is 21.9 Å². The molecule has 3 heterocycles. The SMILES string of the molecule is Cc1cnc(Cn2c(Oc3ccc(C(F)(F)F)cc3)nc3c2c(=O)n(CCCO)c(=O)n3C)s1. The number of benzene rings is 1. The third kappa shape index (κ3) is 4.48. The molecule has 0 aliphatic rings. The molecule has 0 aliphatic heterocycles. The Hall–Kier alpha value is -3.45. The molecule has 0 fully saturated rings. The van der Waals surface area contributed by atoms with Gasteiger partial charge in [0.05, 0.1) is 12.1 Å². The Morgan fingerprint density at radius 3 is 2.44 bits per heavy atom. The number of hydrogen-bond acceptors (Lipinski definition) is 7. The summed E-state index contributed by atoms with van der Waals surface area (Å²) in [5.74, 6) is 0.0745. The summed E-state index contributed by atoms with van der Waals surface area (Å²) in [7, 11) is 1.45. The summed E-state index contributed by atoms with van der Waals surface area (Å²) in [6.07, 6.45) is -2.62. The molecule has 0 saturated carbocycles. The van der Waals surface area contributed by atoms with Gasteiger partial charge in [-0.2, -0.15) is 18.2 Å². The van der Waals surface area contributed by atoms with Crippen LogP contribution in [0.2, 0.25) is 0 Å². The monoisotopic (exact) mass is 495 g/mol. The predicted molar refractivity (Wildman–Crippen MR) is 118 cm³/mol. The zero-order chi connectivity index (χ0) is 24.6. The minimum atomic E-state index is -4.49. The average molecular weight is 495 g/mol. The summed E-state index contributed by atoms with van der Waals surface area (Å²) in [6, 6.07) is 3.99. The maximum Gasteiger partial charge on any atom is 0.416 e. The van der Waals surface area contributed by atoms with Crippen molar-refractivity contribution in [1.29, 1.82) is 0 Å². The van der Waals surface area contributed by atoms with Gasteiger partial charge in [0.15, 0.2) is 11.2 Å². The first-order chi connectivity index (χ1) is 16.1. The summed E-state index contributed by atoms with van der Waals surface area (Å²) in [5.41, 5.74) is -1.92. The quantitative estimate of drug-likeness (QED) is 0.423. The van der Waals surface area contributed by atoms with Crippen LogP contribution in [-0.2, 0) is 26.3 Å². The Labute approximate surface area is 194 Å². The van der Waals surface area contributed by atoms with Gasteiger partial charge in [0, 0.05) is 31.3 Å². The summed E-state index contributed by atoms with van der Waals surface area (Å²) in [5, 5.41) is 9.79. The lowest BCUT2D eigenvalue weighted by atomic mass is 10.2. The molecule has 0 amide bonds. The third-order valence-corrected chi connectivity index (χ3v) is 5.99. The Balaban J connectivity index is 1.87. The number of imidazole rings is 1. The number of ether oxygens (including phenoxy) is 1. The van der Waals surface area contributed by atoms with Crippen molar-refractivity contribution >= 4 is 22.5 Å². The highest BCUT2D eigenvalue weighted by molar-refractivity contribution is 7.11. The first kappa shape index (κ1) is 23.7. The summed E-state index contributed by atoms with van der Waals surface area (Å²) in [4.78, 5) is 35.5. The Bertz CT molecular complexity index is 1450. The zero-order valence-electron chi connectivity index (χ0n) is 18.2. The second-order valence-electron chi connectivity index (χ2n) is 7.52. The van der Waals surface area contributed by atoms with Crippen LogP contribution >= 0.6 is 11.3 Å². The Morgan fingerprint density at radius 2 is 1.85 bits per heavy atom. The van der Waals surface area contributed by atoms with Crippen LogP contribution in [0.25, 0.3) is 11.2 Å². The standard InChI is InChI=1S/C21H20F3N5O4S/c1-12-10-25-15(34-12)11-29-16-17(27(2)20(32)28(18(16)31)8-3-9-30)26-19(29)33-14-6-4-13(5-7-14)21(22,23)24/h4-7,10,30H,3,8-9,11H2,1-2H3. The van der Waals surface area contributed by atoms with E-state index in [0.717, 1.165) is 33.7 Å². The fourth-order valence-corrected chi connectivity index (χ4v) is 4.21. The van der Waals surface area contributed by atoms with Gasteiger partial charge in [-0.25, -0.2) is 9.78 Å². The third-order valence-electron chi connectivity index (χ3n) is 5.09. The number of aryl methyl sites for hydroxylation is 2. The molecule has 0 saturated heterocycles. The largest absolute Gasteiger partial charge is 0.425 e. The normalized spacial score (nSPS) is 11.9. The molecule has 0 atom stereocenters. The lowest BCUT2D eigenvalue weighted by Crippen LogP contribution is -2.39. The van der Waals surface area contributed by atoms with Crippen LogP contribution in [0.5, 0.6) is 11.8 Å². The minimum absolute atomic E-state index is 0.00851. The van der Waals surface area contributed by atoms with E-state index in [2.05, 4.69) is 9.97 Å². The maximum absolute atomic E-state index is 13.3. The van der Waals surface area contributed by atoms with Crippen molar-refractivity contribution in [3.63, 3.8) is 0 Å². The predicted octanol–water partition coefficient (Wildman–Crippen LogP) is 2.90. The molecule has 9 nitrogen and oxygen atoms in total. The number of thiazole rings is 1. The number of nitrogens with zero attached hydrogens (tertiary/aromatic N) is 5. The van der Waals surface area contributed by atoms with Crippen molar-refractivity contribution in [3.8, 4) is 11.8 Å². The van der Waals surface area contributed by atoms with Crippen molar-refractivity contribution < 1.29 is 23.0 Å². The number of alkyl halides is 3. The second-order valence-corrected chi connectivity index (χ2v) is 8.84. The fourth-order valence-electron chi connectivity index (χ4n) is 3.43. The van der Waals surface area contributed by atoms with E-state index >= 15 is 0 Å².